The smallest absolute Gasteiger partial charge is 0.246 e. The first kappa shape index (κ1) is 17.5. The summed E-state index contributed by atoms with van der Waals surface area (Å²) in [4.78, 5) is 16.7. The molecule has 1 aromatic heterocycles. The van der Waals surface area contributed by atoms with Crippen molar-refractivity contribution < 1.29 is 4.79 Å². The Kier molecular flexibility index (Phi) is 5.40. The summed E-state index contributed by atoms with van der Waals surface area (Å²) in [5.74, 6) is -0.176. The lowest BCUT2D eigenvalue weighted by molar-refractivity contribution is -0.116. The number of carbonyl (C=O) groups is 1. The fourth-order valence-corrected chi connectivity index (χ4v) is 3.34. The molecule has 0 spiro atoms. The molecule has 3 rings (SSSR count). The maximum absolute atomic E-state index is 12.1. The zero-order chi connectivity index (χ0) is 17.8. The molecule has 0 saturated carbocycles. The second-order valence-corrected chi connectivity index (χ2v) is 7.16. The Morgan fingerprint density at radius 1 is 1.08 bits per heavy atom. The second kappa shape index (κ2) is 7.72. The van der Waals surface area contributed by atoms with Crippen molar-refractivity contribution in [2.75, 3.05) is 5.01 Å². The summed E-state index contributed by atoms with van der Waals surface area (Å²) in [5, 5.41) is 8.34. The highest BCUT2D eigenvalue weighted by molar-refractivity contribution is 9.10. The molecule has 4 nitrogen and oxygen atoms in total. The molecule has 126 valence electrons. The van der Waals surface area contributed by atoms with Crippen LogP contribution >= 0.6 is 27.3 Å². The lowest BCUT2D eigenvalue weighted by atomic mass is 10.1. The van der Waals surface area contributed by atoms with Crippen molar-refractivity contribution in [3.63, 3.8) is 0 Å². The predicted octanol–water partition coefficient (Wildman–Crippen LogP) is 5.35. The van der Waals surface area contributed by atoms with Crippen LogP contribution in [0, 0.1) is 0 Å². The van der Waals surface area contributed by atoms with Crippen molar-refractivity contribution in [1.29, 1.82) is 0 Å². The fourth-order valence-electron chi connectivity index (χ4n) is 2.25. The highest BCUT2D eigenvalue weighted by Gasteiger charge is 2.16. The molecule has 1 amide bonds. The number of hydrazone groups is 1. The van der Waals surface area contributed by atoms with Gasteiger partial charge in [0.15, 0.2) is 0 Å². The Hall–Kier alpha value is -2.31. The molecule has 0 N–H and O–H groups in total. The Labute approximate surface area is 159 Å². The first-order valence-corrected chi connectivity index (χ1v) is 9.34. The van der Waals surface area contributed by atoms with E-state index < -0.39 is 0 Å². The fraction of sp³-hybridized carbons (Fsp3) is 0.105. The Bertz CT molecular complexity index is 904. The van der Waals surface area contributed by atoms with Gasteiger partial charge in [0.05, 0.1) is 11.4 Å². The summed E-state index contributed by atoms with van der Waals surface area (Å²) in [5.41, 5.74) is 3.55. The molecular weight excluding hydrogens is 398 g/mol. The van der Waals surface area contributed by atoms with E-state index >= 15 is 0 Å². The van der Waals surface area contributed by atoms with Crippen molar-refractivity contribution in [2.45, 2.75) is 13.8 Å². The molecule has 0 aliphatic heterocycles. The van der Waals surface area contributed by atoms with Gasteiger partial charge in [-0.2, -0.15) is 10.1 Å². The average molecular weight is 414 g/mol. The van der Waals surface area contributed by atoms with Gasteiger partial charge in [-0.15, -0.1) is 11.3 Å². The summed E-state index contributed by atoms with van der Waals surface area (Å²) in [6, 6.07) is 17.7. The van der Waals surface area contributed by atoms with Gasteiger partial charge in [0.1, 0.15) is 0 Å². The summed E-state index contributed by atoms with van der Waals surface area (Å²) in [6.45, 7) is 3.37. The van der Waals surface area contributed by atoms with Gasteiger partial charge in [0, 0.05) is 22.3 Å². The van der Waals surface area contributed by atoms with E-state index in [1.54, 1.807) is 0 Å². The van der Waals surface area contributed by atoms with Gasteiger partial charge in [-0.05, 0) is 24.6 Å². The van der Waals surface area contributed by atoms with E-state index in [0.29, 0.717) is 5.13 Å². The molecule has 6 heteroatoms. The quantitative estimate of drug-likeness (QED) is 0.427. The topological polar surface area (TPSA) is 45.6 Å². The van der Waals surface area contributed by atoms with Gasteiger partial charge in [0.25, 0.3) is 0 Å². The van der Waals surface area contributed by atoms with E-state index in [-0.39, 0.29) is 5.91 Å². The number of nitrogens with zero attached hydrogens (tertiary/aromatic N) is 3. The summed E-state index contributed by atoms with van der Waals surface area (Å²) in [7, 11) is 0. The largest absolute Gasteiger partial charge is 0.273 e. The number of halogens is 1. The Morgan fingerprint density at radius 2 is 1.76 bits per heavy atom. The number of hydrogen-bond acceptors (Lipinski definition) is 4. The van der Waals surface area contributed by atoms with Gasteiger partial charge in [-0.25, -0.2) is 4.98 Å². The SMILES string of the molecule is CC(=O)N(N=C(C)c1ccc(Br)cc1)c1nc(-c2ccccc2)cs1. The van der Waals surface area contributed by atoms with E-state index in [1.807, 2.05) is 66.9 Å². The maximum Gasteiger partial charge on any atom is 0.246 e. The van der Waals surface area contributed by atoms with Crippen molar-refractivity contribution in [2.24, 2.45) is 5.10 Å². The molecular formula is C19H16BrN3OS. The van der Waals surface area contributed by atoms with Crippen LogP contribution in [0.25, 0.3) is 11.3 Å². The molecule has 0 radical (unpaired) electrons. The predicted molar refractivity (Wildman–Crippen MR) is 107 cm³/mol. The monoisotopic (exact) mass is 413 g/mol. The molecule has 0 aliphatic carbocycles. The van der Waals surface area contributed by atoms with Crippen LogP contribution < -0.4 is 5.01 Å². The molecule has 0 fully saturated rings. The van der Waals surface area contributed by atoms with Crippen LogP contribution in [-0.4, -0.2) is 16.6 Å². The number of anilines is 1. The van der Waals surface area contributed by atoms with E-state index in [1.165, 1.54) is 23.3 Å². The number of thiazole rings is 1. The van der Waals surface area contributed by atoms with Crippen LogP contribution in [0.5, 0.6) is 0 Å². The van der Waals surface area contributed by atoms with Gasteiger partial charge in [-0.3, -0.25) is 4.79 Å². The summed E-state index contributed by atoms with van der Waals surface area (Å²) < 4.78 is 1.000. The zero-order valence-corrected chi connectivity index (χ0v) is 16.2. The normalized spacial score (nSPS) is 11.4. The van der Waals surface area contributed by atoms with Crippen LogP contribution in [0.2, 0.25) is 0 Å². The van der Waals surface area contributed by atoms with E-state index in [2.05, 4.69) is 26.0 Å². The highest BCUT2D eigenvalue weighted by Crippen LogP contribution is 2.28. The van der Waals surface area contributed by atoms with Crippen LogP contribution in [0.1, 0.15) is 19.4 Å². The third-order valence-corrected chi connectivity index (χ3v) is 4.90. The average Bonchev–Trinajstić information content (AvgIpc) is 3.10. The minimum atomic E-state index is -0.176. The number of benzene rings is 2. The van der Waals surface area contributed by atoms with Gasteiger partial charge in [-0.1, -0.05) is 58.4 Å². The molecule has 0 atom stereocenters. The van der Waals surface area contributed by atoms with Crippen molar-refractivity contribution >= 4 is 44.0 Å². The van der Waals surface area contributed by atoms with Gasteiger partial charge < -0.3 is 0 Å². The number of amides is 1. The molecule has 25 heavy (non-hydrogen) atoms. The van der Waals surface area contributed by atoms with Crippen LogP contribution in [-0.2, 0) is 4.79 Å². The first-order valence-electron chi connectivity index (χ1n) is 7.67. The van der Waals surface area contributed by atoms with E-state index in [0.717, 1.165) is 27.0 Å². The minimum Gasteiger partial charge on any atom is -0.273 e. The third-order valence-electron chi connectivity index (χ3n) is 3.55. The van der Waals surface area contributed by atoms with E-state index in [9.17, 15) is 4.79 Å². The minimum absolute atomic E-state index is 0.176. The number of carbonyl (C=O) groups excluding carboxylic acids is 1. The third kappa shape index (κ3) is 4.21. The van der Waals surface area contributed by atoms with Crippen LogP contribution in [0.15, 0.2) is 69.6 Å². The lowest BCUT2D eigenvalue weighted by Gasteiger charge is -2.13. The molecule has 0 aliphatic rings. The number of rotatable bonds is 4. The van der Waals surface area contributed by atoms with Crippen molar-refractivity contribution in [3.05, 3.63) is 70.0 Å². The molecule has 0 saturated heterocycles. The molecule has 3 aromatic rings. The first-order chi connectivity index (χ1) is 12.0. The number of hydrogen-bond donors (Lipinski definition) is 0. The lowest BCUT2D eigenvalue weighted by Crippen LogP contribution is -2.23. The van der Waals surface area contributed by atoms with Crippen LogP contribution in [0.4, 0.5) is 5.13 Å². The number of aromatic nitrogens is 1. The Balaban J connectivity index is 1.92. The second-order valence-electron chi connectivity index (χ2n) is 5.40. The Morgan fingerprint density at radius 3 is 2.40 bits per heavy atom. The van der Waals surface area contributed by atoms with Gasteiger partial charge in [0.2, 0.25) is 11.0 Å². The summed E-state index contributed by atoms with van der Waals surface area (Å²) in [6.07, 6.45) is 0. The molecule has 2 aromatic carbocycles. The zero-order valence-electron chi connectivity index (χ0n) is 13.8. The van der Waals surface area contributed by atoms with Crippen LogP contribution in [0.3, 0.4) is 0 Å². The van der Waals surface area contributed by atoms with Gasteiger partial charge >= 0.3 is 0 Å². The molecule has 1 heterocycles. The van der Waals surface area contributed by atoms with E-state index in [4.69, 9.17) is 0 Å². The molecule has 0 bridgehead atoms. The van der Waals surface area contributed by atoms with Crippen molar-refractivity contribution in [3.8, 4) is 11.3 Å². The maximum atomic E-state index is 12.1. The highest BCUT2D eigenvalue weighted by atomic mass is 79.9. The standard InChI is InChI=1S/C19H16BrN3OS/c1-13(15-8-10-17(20)11-9-15)22-23(14(2)24)19-21-18(12-25-19)16-6-4-3-5-7-16/h3-12H,1-2H3. The molecule has 0 unspecified atom stereocenters. The summed E-state index contributed by atoms with van der Waals surface area (Å²) >= 11 is 4.82. The van der Waals surface area contributed by atoms with Crippen molar-refractivity contribution in [1.82, 2.24) is 4.98 Å².